The minimum atomic E-state index is -0.591. The largest absolute Gasteiger partial charge is 0.494 e. The van der Waals surface area contributed by atoms with Gasteiger partial charge in [-0.15, -0.1) is 11.3 Å². The Morgan fingerprint density at radius 1 is 1.18 bits per heavy atom. The predicted octanol–water partition coefficient (Wildman–Crippen LogP) is 5.22. The van der Waals surface area contributed by atoms with Gasteiger partial charge in [0.1, 0.15) is 5.56 Å². The Bertz CT molecular complexity index is 1450. The van der Waals surface area contributed by atoms with Crippen molar-refractivity contribution < 1.29 is 14.3 Å². The summed E-state index contributed by atoms with van der Waals surface area (Å²) >= 11 is 1.63. The quantitative estimate of drug-likeness (QED) is 0.372. The number of benzene rings is 1. The van der Waals surface area contributed by atoms with Crippen LogP contribution in [-0.2, 0) is 11.3 Å². The molecule has 1 saturated carbocycles. The number of hydrogen-bond acceptors (Lipinski definition) is 6. The SMILES string of the molecule is CCOC(=O)c1cc(C2CC2)c2c(OC)c(-c3sccc3-c3cccc(CN)c3)ccn2c1=O. The summed E-state index contributed by atoms with van der Waals surface area (Å²) in [6.07, 6.45) is 3.77. The van der Waals surface area contributed by atoms with Gasteiger partial charge in [0.15, 0.2) is 5.75 Å². The normalized spacial score (nSPS) is 13.3. The van der Waals surface area contributed by atoms with E-state index >= 15 is 0 Å². The Hall–Kier alpha value is -3.42. The molecular weight excluding hydrogens is 448 g/mol. The molecule has 0 atom stereocenters. The van der Waals surface area contributed by atoms with Crippen molar-refractivity contribution in [3.05, 3.63) is 81.1 Å². The number of rotatable bonds is 7. The van der Waals surface area contributed by atoms with Crippen LogP contribution in [-0.4, -0.2) is 24.1 Å². The van der Waals surface area contributed by atoms with Crippen molar-refractivity contribution in [1.82, 2.24) is 4.40 Å². The Morgan fingerprint density at radius 3 is 2.71 bits per heavy atom. The van der Waals surface area contributed by atoms with Crippen LogP contribution < -0.4 is 16.0 Å². The number of ether oxygens (including phenoxy) is 2. The molecule has 34 heavy (non-hydrogen) atoms. The fourth-order valence-corrected chi connectivity index (χ4v) is 5.39. The van der Waals surface area contributed by atoms with Gasteiger partial charge >= 0.3 is 5.97 Å². The van der Waals surface area contributed by atoms with Crippen molar-refractivity contribution in [2.24, 2.45) is 5.73 Å². The van der Waals surface area contributed by atoms with Crippen LogP contribution >= 0.6 is 11.3 Å². The maximum atomic E-state index is 13.3. The Morgan fingerprint density at radius 2 is 2.00 bits per heavy atom. The van der Waals surface area contributed by atoms with Crippen LogP contribution in [0.15, 0.2) is 58.8 Å². The summed E-state index contributed by atoms with van der Waals surface area (Å²) in [6, 6.07) is 13.9. The van der Waals surface area contributed by atoms with Gasteiger partial charge in [-0.25, -0.2) is 4.79 Å². The number of carbonyl (C=O) groups excluding carboxylic acids is 1. The molecule has 3 aromatic heterocycles. The Balaban J connectivity index is 1.75. The zero-order chi connectivity index (χ0) is 23.8. The molecule has 174 valence electrons. The molecule has 0 radical (unpaired) electrons. The van der Waals surface area contributed by atoms with Gasteiger partial charge in [0.2, 0.25) is 0 Å². The summed E-state index contributed by atoms with van der Waals surface area (Å²) in [6.45, 7) is 2.42. The minimum absolute atomic E-state index is 0.0615. The number of nitrogens with two attached hydrogens (primary N) is 1. The highest BCUT2D eigenvalue weighted by molar-refractivity contribution is 7.14. The second-order valence-corrected chi connectivity index (χ2v) is 9.28. The number of carbonyl (C=O) groups is 1. The van der Waals surface area contributed by atoms with Crippen LogP contribution in [0.1, 0.15) is 47.2 Å². The molecule has 0 unspecified atom stereocenters. The number of methoxy groups -OCH3 is 1. The van der Waals surface area contributed by atoms with Crippen molar-refractivity contribution in [3.8, 4) is 27.3 Å². The summed E-state index contributed by atoms with van der Waals surface area (Å²) in [5.41, 5.74) is 11.3. The fraction of sp³-hybridized carbons (Fsp3) is 0.259. The van der Waals surface area contributed by atoms with Gasteiger partial charge < -0.3 is 15.2 Å². The van der Waals surface area contributed by atoms with E-state index in [1.54, 1.807) is 37.6 Å². The summed E-state index contributed by atoms with van der Waals surface area (Å²) < 4.78 is 12.6. The van der Waals surface area contributed by atoms with Crippen LogP contribution in [0.5, 0.6) is 5.75 Å². The van der Waals surface area contributed by atoms with Gasteiger partial charge in [-0.2, -0.15) is 0 Å². The highest BCUT2D eigenvalue weighted by atomic mass is 32.1. The van der Waals surface area contributed by atoms with Crippen molar-refractivity contribution in [1.29, 1.82) is 0 Å². The van der Waals surface area contributed by atoms with Crippen molar-refractivity contribution in [2.75, 3.05) is 13.7 Å². The smallest absolute Gasteiger partial charge is 0.343 e. The minimum Gasteiger partial charge on any atom is -0.494 e. The van der Waals surface area contributed by atoms with E-state index in [2.05, 4.69) is 23.6 Å². The molecule has 0 bridgehead atoms. The summed E-state index contributed by atoms with van der Waals surface area (Å²) in [4.78, 5) is 26.8. The predicted molar refractivity (Wildman–Crippen MR) is 135 cm³/mol. The van der Waals surface area contributed by atoms with E-state index in [0.717, 1.165) is 51.1 Å². The van der Waals surface area contributed by atoms with E-state index in [1.807, 2.05) is 18.2 Å². The first kappa shape index (κ1) is 22.4. The summed E-state index contributed by atoms with van der Waals surface area (Å²) in [5.74, 6) is 0.333. The number of aromatic nitrogens is 1. The molecule has 5 rings (SSSR count). The number of esters is 1. The molecule has 0 amide bonds. The summed E-state index contributed by atoms with van der Waals surface area (Å²) in [5, 5.41) is 2.06. The molecule has 1 aliphatic carbocycles. The van der Waals surface area contributed by atoms with Gasteiger partial charge in [-0.1, -0.05) is 18.2 Å². The van der Waals surface area contributed by atoms with E-state index in [0.29, 0.717) is 12.3 Å². The van der Waals surface area contributed by atoms with Gasteiger partial charge in [0, 0.05) is 28.7 Å². The molecule has 6 nitrogen and oxygen atoms in total. The zero-order valence-corrected chi connectivity index (χ0v) is 20.0. The Labute approximate surface area is 201 Å². The van der Waals surface area contributed by atoms with E-state index in [1.165, 1.54) is 4.40 Å². The molecule has 1 aromatic carbocycles. The first-order valence-electron chi connectivity index (χ1n) is 11.4. The fourth-order valence-electron chi connectivity index (χ4n) is 4.45. The number of nitrogens with zero attached hydrogens (tertiary/aromatic N) is 1. The zero-order valence-electron chi connectivity index (χ0n) is 19.2. The molecular formula is C27H26N2O4S. The van der Waals surface area contributed by atoms with E-state index in [4.69, 9.17) is 15.2 Å². The molecule has 1 aliphatic rings. The topological polar surface area (TPSA) is 83.0 Å². The third kappa shape index (κ3) is 3.81. The molecule has 2 N–H and O–H groups in total. The molecule has 1 fully saturated rings. The van der Waals surface area contributed by atoms with Gasteiger partial charge in [-0.3, -0.25) is 9.20 Å². The average molecular weight is 475 g/mol. The standard InChI is InChI=1S/C27H26N2O4S/c1-3-33-27(31)22-14-21(17-7-8-17)23-24(32-2)20(9-11-29(23)26(22)30)25-19(10-12-34-25)18-6-4-5-16(13-18)15-28/h4-6,9-14,17H,3,7-8,15,28H2,1-2H3. The van der Waals surface area contributed by atoms with Gasteiger partial charge in [-0.05, 0) is 72.0 Å². The number of pyridine rings is 2. The third-order valence-corrected chi connectivity index (χ3v) is 7.16. The first-order valence-corrected chi connectivity index (χ1v) is 12.3. The second kappa shape index (κ2) is 9.08. The average Bonchev–Trinajstić information content (AvgIpc) is 3.59. The monoisotopic (exact) mass is 474 g/mol. The van der Waals surface area contributed by atoms with Crippen molar-refractivity contribution in [3.63, 3.8) is 0 Å². The first-order chi connectivity index (χ1) is 16.6. The third-order valence-electron chi connectivity index (χ3n) is 6.21. The van der Waals surface area contributed by atoms with Crippen molar-refractivity contribution in [2.45, 2.75) is 32.2 Å². The van der Waals surface area contributed by atoms with E-state index < -0.39 is 11.5 Å². The van der Waals surface area contributed by atoms with E-state index in [9.17, 15) is 9.59 Å². The lowest BCUT2D eigenvalue weighted by Crippen LogP contribution is -2.24. The molecule has 7 heteroatoms. The lowest BCUT2D eigenvalue weighted by molar-refractivity contribution is 0.0524. The van der Waals surface area contributed by atoms with Gasteiger partial charge in [0.05, 0.1) is 19.2 Å². The van der Waals surface area contributed by atoms with Crippen molar-refractivity contribution >= 4 is 22.8 Å². The van der Waals surface area contributed by atoms with Crippen LogP contribution in [0, 0.1) is 0 Å². The summed E-state index contributed by atoms with van der Waals surface area (Å²) in [7, 11) is 1.63. The molecule has 0 saturated heterocycles. The molecule has 4 aromatic rings. The van der Waals surface area contributed by atoms with Crippen LogP contribution in [0.25, 0.3) is 27.1 Å². The number of thiophene rings is 1. The highest BCUT2D eigenvalue weighted by Crippen LogP contribution is 2.48. The van der Waals surface area contributed by atoms with Crippen LogP contribution in [0.2, 0.25) is 0 Å². The maximum Gasteiger partial charge on any atom is 0.343 e. The lowest BCUT2D eigenvalue weighted by Gasteiger charge is -2.17. The molecule has 3 heterocycles. The highest BCUT2D eigenvalue weighted by Gasteiger charge is 2.31. The Kier molecular flexibility index (Phi) is 5.98. The number of fused-ring (bicyclic) bond motifs is 1. The molecule has 0 aliphatic heterocycles. The van der Waals surface area contributed by atoms with E-state index in [-0.39, 0.29) is 18.1 Å². The van der Waals surface area contributed by atoms with Gasteiger partial charge in [0.25, 0.3) is 5.56 Å². The lowest BCUT2D eigenvalue weighted by atomic mass is 9.99. The molecule has 0 spiro atoms. The van der Waals surface area contributed by atoms with Crippen LogP contribution in [0.4, 0.5) is 0 Å². The number of hydrogen-bond donors (Lipinski definition) is 1. The van der Waals surface area contributed by atoms with Crippen LogP contribution in [0.3, 0.4) is 0 Å². The maximum absolute atomic E-state index is 13.3. The second-order valence-electron chi connectivity index (χ2n) is 8.36.